The molecule has 3 aromatic rings. The summed E-state index contributed by atoms with van der Waals surface area (Å²) in [5.41, 5.74) is 1.41. The van der Waals surface area contributed by atoms with Gasteiger partial charge in [-0.1, -0.05) is 92.6 Å². The van der Waals surface area contributed by atoms with Crippen LogP contribution in [0.4, 0.5) is 0 Å². The van der Waals surface area contributed by atoms with Gasteiger partial charge in [-0.2, -0.15) is 0 Å². The van der Waals surface area contributed by atoms with Gasteiger partial charge in [0.25, 0.3) is 0 Å². The van der Waals surface area contributed by atoms with Gasteiger partial charge in [-0.25, -0.2) is 0 Å². The van der Waals surface area contributed by atoms with Gasteiger partial charge in [-0.3, -0.25) is 0 Å². The highest BCUT2D eigenvalue weighted by Gasteiger charge is 2.45. The molecule has 0 aromatic heterocycles. The standard InChI is InChI=1S/C30H38O3Si/c1-3-4-11-24-32-34(29-12-7-5-8-13-29,30-14-9-6-10-15-30)33-28-22-18-26(19-23-28)25-16-20-27(31-2)21-17-25/h5-10,12-17,20-21,26,28H,3-4,11,18-19,22-24H2,1-2H3. The monoisotopic (exact) mass is 474 g/mol. The van der Waals surface area contributed by atoms with Crippen LogP contribution in [0.25, 0.3) is 0 Å². The van der Waals surface area contributed by atoms with Crippen molar-refractivity contribution in [3.8, 4) is 5.75 Å². The van der Waals surface area contributed by atoms with E-state index in [2.05, 4.69) is 91.9 Å². The van der Waals surface area contributed by atoms with Crippen molar-refractivity contribution in [2.24, 2.45) is 0 Å². The highest BCUT2D eigenvalue weighted by Crippen LogP contribution is 2.35. The van der Waals surface area contributed by atoms with Crippen LogP contribution in [-0.2, 0) is 8.85 Å². The van der Waals surface area contributed by atoms with Crippen molar-refractivity contribution in [2.45, 2.75) is 63.9 Å². The zero-order chi connectivity index (χ0) is 23.6. The first-order chi connectivity index (χ1) is 16.7. The Morgan fingerprint density at radius 1 is 0.735 bits per heavy atom. The number of ether oxygens (including phenoxy) is 1. The van der Waals surface area contributed by atoms with Gasteiger partial charge in [-0.05, 0) is 66.1 Å². The summed E-state index contributed by atoms with van der Waals surface area (Å²) in [4.78, 5) is 0. The van der Waals surface area contributed by atoms with E-state index < -0.39 is 8.56 Å². The Kier molecular flexibility index (Phi) is 8.97. The van der Waals surface area contributed by atoms with Crippen molar-refractivity contribution in [1.82, 2.24) is 0 Å². The fourth-order valence-electron chi connectivity index (χ4n) is 5.01. The molecular weight excluding hydrogens is 436 g/mol. The van der Waals surface area contributed by atoms with E-state index in [1.807, 2.05) is 0 Å². The van der Waals surface area contributed by atoms with E-state index >= 15 is 0 Å². The van der Waals surface area contributed by atoms with E-state index in [-0.39, 0.29) is 6.10 Å². The minimum absolute atomic E-state index is 0.216. The van der Waals surface area contributed by atoms with Crippen LogP contribution in [0, 0.1) is 0 Å². The van der Waals surface area contributed by atoms with Gasteiger partial charge < -0.3 is 13.6 Å². The molecule has 0 heterocycles. The van der Waals surface area contributed by atoms with Crippen LogP contribution in [0.2, 0.25) is 0 Å². The normalized spacial score (nSPS) is 18.5. The first kappa shape index (κ1) is 24.7. The van der Waals surface area contributed by atoms with Crippen molar-refractivity contribution in [3.05, 3.63) is 90.5 Å². The van der Waals surface area contributed by atoms with Crippen LogP contribution in [0.1, 0.15) is 63.4 Å². The Hall–Kier alpha value is -2.40. The number of hydrogen-bond donors (Lipinski definition) is 0. The topological polar surface area (TPSA) is 27.7 Å². The lowest BCUT2D eigenvalue weighted by Gasteiger charge is -2.38. The Morgan fingerprint density at radius 2 is 1.32 bits per heavy atom. The third kappa shape index (κ3) is 5.98. The molecule has 1 aliphatic rings. The van der Waals surface area contributed by atoms with Crippen molar-refractivity contribution in [2.75, 3.05) is 13.7 Å². The molecule has 0 radical (unpaired) electrons. The zero-order valence-electron chi connectivity index (χ0n) is 20.6. The summed E-state index contributed by atoms with van der Waals surface area (Å²) >= 11 is 0. The predicted octanol–water partition coefficient (Wildman–Crippen LogP) is 6.20. The van der Waals surface area contributed by atoms with E-state index in [1.54, 1.807) is 7.11 Å². The van der Waals surface area contributed by atoms with E-state index in [4.69, 9.17) is 13.6 Å². The van der Waals surface area contributed by atoms with Crippen LogP contribution in [-0.4, -0.2) is 28.4 Å². The summed E-state index contributed by atoms with van der Waals surface area (Å²) in [6, 6.07) is 30.0. The van der Waals surface area contributed by atoms with Gasteiger partial charge in [0.05, 0.1) is 7.11 Å². The molecule has 4 heteroatoms. The van der Waals surface area contributed by atoms with Crippen LogP contribution in [0.3, 0.4) is 0 Å². The molecule has 0 spiro atoms. The summed E-state index contributed by atoms with van der Waals surface area (Å²) in [7, 11) is -1.10. The maximum Gasteiger partial charge on any atom is 0.407 e. The average molecular weight is 475 g/mol. The quantitative estimate of drug-likeness (QED) is 0.245. The Bertz CT molecular complexity index is 927. The van der Waals surface area contributed by atoms with Gasteiger partial charge in [0.1, 0.15) is 5.75 Å². The lowest BCUT2D eigenvalue weighted by atomic mass is 9.83. The van der Waals surface area contributed by atoms with Crippen LogP contribution < -0.4 is 15.1 Å². The average Bonchev–Trinajstić information content (AvgIpc) is 2.92. The smallest absolute Gasteiger partial charge is 0.407 e. The molecule has 4 rings (SSSR count). The molecule has 0 unspecified atom stereocenters. The van der Waals surface area contributed by atoms with Crippen molar-refractivity contribution in [1.29, 1.82) is 0 Å². The molecular formula is C30H38O3Si. The first-order valence-corrected chi connectivity index (χ1v) is 14.6. The third-order valence-electron chi connectivity index (χ3n) is 6.95. The lowest BCUT2D eigenvalue weighted by molar-refractivity contribution is 0.0957. The van der Waals surface area contributed by atoms with Gasteiger partial charge in [0.15, 0.2) is 0 Å². The molecule has 0 amide bonds. The molecule has 180 valence electrons. The fourth-order valence-corrected chi connectivity index (χ4v) is 8.42. The predicted molar refractivity (Wildman–Crippen MR) is 142 cm³/mol. The Labute approximate surface area is 206 Å². The van der Waals surface area contributed by atoms with E-state index in [0.29, 0.717) is 5.92 Å². The van der Waals surface area contributed by atoms with Crippen molar-refractivity contribution >= 4 is 18.9 Å². The minimum Gasteiger partial charge on any atom is -0.497 e. The van der Waals surface area contributed by atoms with Crippen LogP contribution in [0.5, 0.6) is 5.75 Å². The highest BCUT2D eigenvalue weighted by molar-refractivity contribution is 6.92. The highest BCUT2D eigenvalue weighted by atomic mass is 28.4. The maximum absolute atomic E-state index is 7.15. The molecule has 1 saturated carbocycles. The largest absolute Gasteiger partial charge is 0.497 e. The molecule has 0 atom stereocenters. The fraction of sp³-hybridized carbons (Fsp3) is 0.400. The lowest BCUT2D eigenvalue weighted by Crippen LogP contribution is -2.65. The maximum atomic E-state index is 7.15. The second-order valence-electron chi connectivity index (χ2n) is 9.27. The van der Waals surface area contributed by atoms with Crippen LogP contribution >= 0.6 is 0 Å². The van der Waals surface area contributed by atoms with Gasteiger partial charge in [0, 0.05) is 12.7 Å². The molecule has 3 aromatic carbocycles. The Balaban J connectivity index is 1.54. The van der Waals surface area contributed by atoms with E-state index in [1.165, 1.54) is 28.8 Å². The number of benzene rings is 3. The molecule has 0 N–H and O–H groups in total. The summed E-state index contributed by atoms with van der Waals surface area (Å²) < 4.78 is 19.3. The number of unbranched alkanes of at least 4 members (excludes halogenated alkanes) is 2. The second-order valence-corrected chi connectivity index (χ2v) is 12.2. The number of hydrogen-bond acceptors (Lipinski definition) is 3. The summed E-state index contributed by atoms with van der Waals surface area (Å²) in [5, 5.41) is 2.41. The molecule has 34 heavy (non-hydrogen) atoms. The number of methoxy groups -OCH3 is 1. The van der Waals surface area contributed by atoms with Gasteiger partial charge in [-0.15, -0.1) is 0 Å². The SMILES string of the molecule is CCCCCO[Si](OC1CCC(c2ccc(OC)cc2)CC1)(c1ccccc1)c1ccccc1. The van der Waals surface area contributed by atoms with E-state index in [0.717, 1.165) is 44.5 Å². The first-order valence-electron chi connectivity index (χ1n) is 12.8. The Morgan fingerprint density at radius 3 is 1.85 bits per heavy atom. The van der Waals surface area contributed by atoms with Gasteiger partial charge >= 0.3 is 8.56 Å². The van der Waals surface area contributed by atoms with Gasteiger partial charge in [0.2, 0.25) is 0 Å². The summed E-state index contributed by atoms with van der Waals surface area (Å²) in [6.07, 6.45) is 8.05. The molecule has 1 fully saturated rings. The molecule has 0 aliphatic heterocycles. The molecule has 0 saturated heterocycles. The zero-order valence-corrected chi connectivity index (χ0v) is 21.6. The third-order valence-corrected chi connectivity index (χ3v) is 10.4. The van der Waals surface area contributed by atoms with E-state index in [9.17, 15) is 0 Å². The minimum atomic E-state index is -2.82. The van der Waals surface area contributed by atoms with Crippen LogP contribution in [0.15, 0.2) is 84.9 Å². The number of rotatable bonds is 11. The molecule has 0 bridgehead atoms. The second kappa shape index (κ2) is 12.3. The summed E-state index contributed by atoms with van der Waals surface area (Å²) in [6.45, 7) is 2.97. The van der Waals surface area contributed by atoms with Crippen molar-refractivity contribution < 1.29 is 13.6 Å². The molecule has 3 nitrogen and oxygen atoms in total. The van der Waals surface area contributed by atoms with Crippen molar-refractivity contribution in [3.63, 3.8) is 0 Å². The summed E-state index contributed by atoms with van der Waals surface area (Å²) in [5.74, 6) is 1.50. The molecule has 1 aliphatic carbocycles.